The zero-order chi connectivity index (χ0) is 26.3. The van der Waals surface area contributed by atoms with Crippen molar-refractivity contribution >= 4 is 47.7 Å². The molecule has 6 aromatic rings. The predicted molar refractivity (Wildman–Crippen MR) is 170 cm³/mol. The van der Waals surface area contributed by atoms with E-state index in [0.29, 0.717) is 0 Å². The van der Waals surface area contributed by atoms with E-state index in [1.807, 2.05) is 0 Å². The molecular formula is C36H28Cl2OP2Pd. The van der Waals surface area contributed by atoms with Crippen LogP contribution in [0.5, 0.6) is 11.5 Å². The largest absolute Gasteiger partial charge is 2.00 e. The molecule has 6 aromatic carbocycles. The molecule has 0 bridgehead atoms. The van der Waals surface area contributed by atoms with E-state index in [4.69, 9.17) is 4.74 Å². The van der Waals surface area contributed by atoms with Crippen LogP contribution in [0.4, 0.5) is 0 Å². The first kappa shape index (κ1) is 33.7. The molecule has 212 valence electrons. The zero-order valence-corrected chi connectivity index (χ0v) is 27.4. The molecule has 0 radical (unpaired) electrons. The maximum atomic E-state index is 6.72. The van der Waals surface area contributed by atoms with Crippen molar-refractivity contribution in [2.75, 3.05) is 0 Å². The Hall–Kier alpha value is -2.78. The van der Waals surface area contributed by atoms with Gasteiger partial charge in [-0.3, -0.25) is 0 Å². The smallest absolute Gasteiger partial charge is 1.00 e. The van der Waals surface area contributed by atoms with Gasteiger partial charge < -0.3 is 29.6 Å². The average Bonchev–Trinajstić information content (AvgIpc) is 3.01. The molecule has 0 aliphatic rings. The summed E-state index contributed by atoms with van der Waals surface area (Å²) in [7, 11) is -1.48. The minimum atomic E-state index is -0.776. The van der Waals surface area contributed by atoms with Gasteiger partial charge in [0.15, 0.2) is 0 Å². The number of halogens is 2. The fraction of sp³-hybridized carbons (Fsp3) is 0. The Kier molecular flexibility index (Phi) is 13.5. The summed E-state index contributed by atoms with van der Waals surface area (Å²) in [6.07, 6.45) is 0. The second kappa shape index (κ2) is 16.8. The molecule has 0 unspecified atom stereocenters. The van der Waals surface area contributed by atoms with Gasteiger partial charge in [-0.05, 0) is 60.6 Å². The fourth-order valence-electron chi connectivity index (χ4n) is 4.72. The van der Waals surface area contributed by atoms with Crippen LogP contribution in [-0.4, -0.2) is 0 Å². The molecule has 1 nitrogen and oxygen atoms in total. The standard InChI is InChI=1S/C36H28OP2.2ClH.Pd/c1-5-17-30(18-6-1)38(31-19-7-2-8-20-31)34-25-15-16-29(28-34)37-35-26-13-14-27-36(35)39(32-21-9-3-10-22-32)33-23-11-4-12-24-33;;;/h1-28H;2*1H;/q;;;+2/p-2. The van der Waals surface area contributed by atoms with Crippen LogP contribution in [0, 0.1) is 0 Å². The Labute approximate surface area is 277 Å². The van der Waals surface area contributed by atoms with Gasteiger partial charge in [0, 0.05) is 5.30 Å². The summed E-state index contributed by atoms with van der Waals surface area (Å²) < 4.78 is 6.72. The van der Waals surface area contributed by atoms with Gasteiger partial charge in [-0.2, -0.15) is 0 Å². The number of rotatable bonds is 8. The molecule has 0 saturated carbocycles. The normalized spacial score (nSPS) is 10.2. The molecule has 0 atom stereocenters. The van der Waals surface area contributed by atoms with E-state index in [-0.39, 0.29) is 45.2 Å². The van der Waals surface area contributed by atoms with E-state index in [1.165, 1.54) is 31.8 Å². The Morgan fingerprint density at radius 3 is 1.21 bits per heavy atom. The van der Waals surface area contributed by atoms with Crippen molar-refractivity contribution in [1.82, 2.24) is 0 Å². The Bertz CT molecular complexity index is 1560. The first-order valence-electron chi connectivity index (χ1n) is 13.0. The van der Waals surface area contributed by atoms with Gasteiger partial charge in [0.2, 0.25) is 0 Å². The van der Waals surface area contributed by atoms with Crippen molar-refractivity contribution in [1.29, 1.82) is 0 Å². The molecule has 0 aliphatic carbocycles. The fourth-order valence-corrected chi connectivity index (χ4v) is 9.42. The maximum absolute atomic E-state index is 6.72. The summed E-state index contributed by atoms with van der Waals surface area (Å²) in [5.74, 6) is 1.76. The Morgan fingerprint density at radius 1 is 0.357 bits per heavy atom. The number of para-hydroxylation sites is 1. The summed E-state index contributed by atoms with van der Waals surface area (Å²) in [5, 5.41) is 7.75. The summed E-state index contributed by atoms with van der Waals surface area (Å²) in [4.78, 5) is 0. The summed E-state index contributed by atoms with van der Waals surface area (Å²) in [6, 6.07) is 60.2. The quantitative estimate of drug-likeness (QED) is 0.169. The van der Waals surface area contributed by atoms with Gasteiger partial charge in [0.05, 0.1) is 0 Å². The third-order valence-electron chi connectivity index (χ3n) is 6.47. The van der Waals surface area contributed by atoms with Crippen molar-refractivity contribution in [2.24, 2.45) is 0 Å². The topological polar surface area (TPSA) is 9.23 Å². The van der Waals surface area contributed by atoms with Crippen molar-refractivity contribution in [2.45, 2.75) is 0 Å². The van der Waals surface area contributed by atoms with Crippen LogP contribution < -0.4 is 61.4 Å². The van der Waals surface area contributed by atoms with E-state index in [9.17, 15) is 0 Å². The van der Waals surface area contributed by atoms with Crippen LogP contribution >= 0.6 is 15.8 Å². The Morgan fingerprint density at radius 2 is 0.738 bits per heavy atom. The van der Waals surface area contributed by atoms with Crippen LogP contribution in [0.25, 0.3) is 0 Å². The molecule has 6 heteroatoms. The molecule has 0 aliphatic heterocycles. The van der Waals surface area contributed by atoms with E-state index < -0.39 is 15.8 Å². The average molecular weight is 716 g/mol. The van der Waals surface area contributed by atoms with Gasteiger partial charge in [-0.15, -0.1) is 0 Å². The van der Waals surface area contributed by atoms with Crippen LogP contribution in [0.3, 0.4) is 0 Å². The second-order valence-electron chi connectivity index (χ2n) is 9.08. The maximum Gasteiger partial charge on any atom is 2.00 e. The first-order valence-corrected chi connectivity index (χ1v) is 15.7. The van der Waals surface area contributed by atoms with Gasteiger partial charge >= 0.3 is 20.4 Å². The van der Waals surface area contributed by atoms with Crippen LogP contribution in [0.2, 0.25) is 0 Å². The first-order chi connectivity index (χ1) is 19.4. The summed E-state index contributed by atoms with van der Waals surface area (Å²) >= 11 is 0. The van der Waals surface area contributed by atoms with Crippen molar-refractivity contribution < 1.29 is 50.0 Å². The van der Waals surface area contributed by atoms with E-state index in [2.05, 4.69) is 170 Å². The van der Waals surface area contributed by atoms with Gasteiger partial charge in [-0.1, -0.05) is 152 Å². The second-order valence-corrected chi connectivity index (χ2v) is 13.5. The molecule has 42 heavy (non-hydrogen) atoms. The van der Waals surface area contributed by atoms with Crippen molar-refractivity contribution in [3.63, 3.8) is 0 Å². The van der Waals surface area contributed by atoms with E-state index in [0.717, 1.165) is 11.5 Å². The third kappa shape index (κ3) is 7.98. The predicted octanol–water partition coefficient (Wildman–Crippen LogP) is 1.00. The van der Waals surface area contributed by atoms with Gasteiger partial charge in [0.25, 0.3) is 0 Å². The molecule has 6 rings (SSSR count). The van der Waals surface area contributed by atoms with Crippen molar-refractivity contribution in [3.05, 3.63) is 170 Å². The van der Waals surface area contributed by atoms with Crippen LogP contribution in [0.1, 0.15) is 0 Å². The molecule has 0 spiro atoms. The van der Waals surface area contributed by atoms with E-state index in [1.54, 1.807) is 0 Å². The summed E-state index contributed by atoms with van der Waals surface area (Å²) in [5.41, 5.74) is 0. The minimum absolute atomic E-state index is 0. The van der Waals surface area contributed by atoms with E-state index >= 15 is 0 Å². The minimum Gasteiger partial charge on any atom is -1.00 e. The molecule has 0 amide bonds. The van der Waals surface area contributed by atoms with Crippen LogP contribution in [-0.2, 0) is 20.4 Å². The summed E-state index contributed by atoms with van der Waals surface area (Å²) in [6.45, 7) is 0. The molecule has 0 N–H and O–H groups in total. The van der Waals surface area contributed by atoms with Gasteiger partial charge in [-0.25, -0.2) is 0 Å². The number of hydrogen-bond donors (Lipinski definition) is 0. The molecule has 0 heterocycles. The number of benzene rings is 6. The van der Waals surface area contributed by atoms with Crippen molar-refractivity contribution in [3.8, 4) is 11.5 Å². The molecule has 0 aromatic heterocycles. The number of hydrogen-bond acceptors (Lipinski definition) is 1. The molecule has 0 fully saturated rings. The number of ether oxygens (including phenoxy) is 1. The zero-order valence-electron chi connectivity index (χ0n) is 22.5. The molecule has 0 saturated heterocycles. The molecular weight excluding hydrogens is 688 g/mol. The SMILES string of the molecule is [Cl-].[Cl-].[Pd+2].c1ccc(P(c2ccccc2)c2cccc(Oc3ccccc3P(c3ccccc3)c3ccccc3)c2)cc1. The van der Waals surface area contributed by atoms with Crippen LogP contribution in [0.15, 0.2) is 170 Å². The monoisotopic (exact) mass is 714 g/mol. The third-order valence-corrected chi connectivity index (χ3v) is 11.4. The van der Waals surface area contributed by atoms with Gasteiger partial charge in [0.1, 0.15) is 11.5 Å². The Balaban J connectivity index is 0.00000161.